The quantitative estimate of drug-likeness (QED) is 0.814. The smallest absolute Gasteiger partial charge is 0.116 e. The number of piperazine rings is 1. The Morgan fingerprint density at radius 1 is 1.23 bits per heavy atom. The maximum atomic E-state index is 9.75. The highest BCUT2D eigenvalue weighted by Gasteiger charge is 2.25. The number of benzene rings is 1. The number of halogens is 2. The lowest BCUT2D eigenvalue weighted by atomic mass is 9.90. The molecule has 2 rings (SSSR count). The van der Waals surface area contributed by atoms with Gasteiger partial charge in [0, 0.05) is 32.2 Å². The molecule has 22 heavy (non-hydrogen) atoms. The zero-order valence-corrected chi connectivity index (χ0v) is 15.3. The first-order chi connectivity index (χ1) is 9.49. The minimum atomic E-state index is 0. The van der Waals surface area contributed by atoms with E-state index in [0.717, 1.165) is 32.6 Å². The zero-order chi connectivity index (χ0) is 14.7. The predicted molar refractivity (Wildman–Crippen MR) is 98.7 cm³/mol. The summed E-state index contributed by atoms with van der Waals surface area (Å²) in [5.41, 5.74) is 4.91. The van der Waals surface area contributed by atoms with Gasteiger partial charge in [-0.05, 0) is 56.0 Å². The fourth-order valence-electron chi connectivity index (χ4n) is 3.22. The lowest BCUT2D eigenvalue weighted by Gasteiger charge is -2.37. The van der Waals surface area contributed by atoms with Gasteiger partial charge in [-0.3, -0.25) is 4.90 Å². The van der Waals surface area contributed by atoms with E-state index in [1.165, 1.54) is 22.3 Å². The topological polar surface area (TPSA) is 35.5 Å². The Kier molecular flexibility index (Phi) is 9.09. The number of nitrogens with zero attached hydrogens (tertiary/aromatic N) is 1. The van der Waals surface area contributed by atoms with Gasteiger partial charge in [-0.1, -0.05) is 5.57 Å². The van der Waals surface area contributed by atoms with Crippen LogP contribution in [0.4, 0.5) is 0 Å². The van der Waals surface area contributed by atoms with Gasteiger partial charge in [0.2, 0.25) is 0 Å². The third-order valence-electron chi connectivity index (χ3n) is 4.05. The van der Waals surface area contributed by atoms with E-state index in [9.17, 15) is 5.11 Å². The molecule has 0 aromatic heterocycles. The van der Waals surface area contributed by atoms with E-state index >= 15 is 0 Å². The largest absolute Gasteiger partial charge is 0.508 e. The Balaban J connectivity index is 0.00000220. The molecule has 0 radical (unpaired) electrons. The summed E-state index contributed by atoms with van der Waals surface area (Å²) in [6.45, 7) is 14.6. The molecule has 3 nitrogen and oxygen atoms in total. The van der Waals surface area contributed by atoms with Gasteiger partial charge in [-0.25, -0.2) is 0 Å². The molecule has 1 saturated heterocycles. The van der Waals surface area contributed by atoms with E-state index in [0.29, 0.717) is 11.8 Å². The average Bonchev–Trinajstić information content (AvgIpc) is 2.37. The van der Waals surface area contributed by atoms with Crippen molar-refractivity contribution in [2.45, 2.75) is 33.2 Å². The van der Waals surface area contributed by atoms with Gasteiger partial charge in [-0.15, -0.1) is 31.4 Å². The fourth-order valence-corrected chi connectivity index (χ4v) is 3.22. The molecule has 0 amide bonds. The summed E-state index contributed by atoms with van der Waals surface area (Å²) in [6.07, 6.45) is 0.979. The molecule has 0 unspecified atom stereocenters. The normalized spacial score (nSPS) is 16.3. The van der Waals surface area contributed by atoms with Crippen molar-refractivity contribution in [3.63, 3.8) is 0 Å². The third-order valence-corrected chi connectivity index (χ3v) is 4.05. The number of rotatable bonds is 4. The van der Waals surface area contributed by atoms with E-state index in [2.05, 4.69) is 37.6 Å². The summed E-state index contributed by atoms with van der Waals surface area (Å²) in [5, 5.41) is 13.2. The van der Waals surface area contributed by atoms with Crippen molar-refractivity contribution in [2.24, 2.45) is 0 Å². The van der Waals surface area contributed by atoms with Crippen LogP contribution < -0.4 is 5.32 Å². The van der Waals surface area contributed by atoms with E-state index in [1.54, 1.807) is 0 Å². The third kappa shape index (κ3) is 5.17. The van der Waals surface area contributed by atoms with Crippen LogP contribution in [0.15, 0.2) is 24.3 Å². The number of hydrogen-bond acceptors (Lipinski definition) is 3. The van der Waals surface area contributed by atoms with Crippen LogP contribution in [0.5, 0.6) is 5.75 Å². The van der Waals surface area contributed by atoms with Crippen molar-refractivity contribution in [3.8, 4) is 5.75 Å². The van der Waals surface area contributed by atoms with Gasteiger partial charge < -0.3 is 10.4 Å². The summed E-state index contributed by atoms with van der Waals surface area (Å²) in [7, 11) is 0. The van der Waals surface area contributed by atoms with Crippen molar-refractivity contribution >= 4 is 24.8 Å². The molecule has 0 bridgehead atoms. The number of aromatic hydroxyl groups is 1. The molecule has 126 valence electrons. The van der Waals surface area contributed by atoms with Crippen molar-refractivity contribution < 1.29 is 5.11 Å². The lowest BCUT2D eigenvalue weighted by molar-refractivity contribution is 0.171. The lowest BCUT2D eigenvalue weighted by Crippen LogP contribution is -2.45. The molecule has 0 spiro atoms. The van der Waals surface area contributed by atoms with Crippen molar-refractivity contribution in [1.29, 1.82) is 0 Å². The number of phenols is 1. The molecule has 1 fully saturated rings. The SMILES string of the molecule is C=C(C)C[C@@H](c1c(C)cc(O)cc1C)N1CCNCC1.Cl.Cl. The van der Waals surface area contributed by atoms with Crippen LogP contribution in [0.1, 0.15) is 36.1 Å². The summed E-state index contributed by atoms with van der Waals surface area (Å²) in [4.78, 5) is 2.54. The molecule has 2 N–H and O–H groups in total. The van der Waals surface area contributed by atoms with Crippen LogP contribution in [0, 0.1) is 13.8 Å². The molecule has 5 heteroatoms. The monoisotopic (exact) mass is 346 g/mol. The first kappa shape index (κ1) is 21.3. The van der Waals surface area contributed by atoms with Crippen LogP contribution >= 0.6 is 24.8 Å². The summed E-state index contributed by atoms with van der Waals surface area (Å²) < 4.78 is 0. The molecule has 1 atom stereocenters. The van der Waals surface area contributed by atoms with Crippen LogP contribution in [0.25, 0.3) is 0 Å². The second-order valence-corrected chi connectivity index (χ2v) is 5.96. The van der Waals surface area contributed by atoms with Gasteiger partial charge in [0.25, 0.3) is 0 Å². The minimum absolute atomic E-state index is 0. The molecule has 1 heterocycles. The fraction of sp³-hybridized carbons (Fsp3) is 0.529. The second kappa shape index (κ2) is 9.41. The number of nitrogens with one attached hydrogen (secondary N) is 1. The molecule has 0 saturated carbocycles. The molecular formula is C17H28Cl2N2O. The zero-order valence-electron chi connectivity index (χ0n) is 13.7. The Morgan fingerprint density at radius 2 is 1.73 bits per heavy atom. The summed E-state index contributed by atoms with van der Waals surface area (Å²) >= 11 is 0. The first-order valence-corrected chi connectivity index (χ1v) is 7.38. The average molecular weight is 347 g/mol. The van der Waals surface area contributed by atoms with Gasteiger partial charge >= 0.3 is 0 Å². The van der Waals surface area contributed by atoms with Crippen LogP contribution in [-0.2, 0) is 0 Å². The van der Waals surface area contributed by atoms with Crippen LogP contribution in [0.3, 0.4) is 0 Å². The van der Waals surface area contributed by atoms with Gasteiger partial charge in [0.1, 0.15) is 5.75 Å². The van der Waals surface area contributed by atoms with Gasteiger partial charge in [0.05, 0.1) is 0 Å². The van der Waals surface area contributed by atoms with Crippen LogP contribution in [-0.4, -0.2) is 36.2 Å². The Hall–Kier alpha value is -0.740. The van der Waals surface area contributed by atoms with Crippen molar-refractivity contribution in [1.82, 2.24) is 10.2 Å². The Bertz CT molecular complexity index is 476. The van der Waals surface area contributed by atoms with E-state index in [-0.39, 0.29) is 24.8 Å². The molecule has 0 aliphatic carbocycles. The minimum Gasteiger partial charge on any atom is -0.508 e. The van der Waals surface area contributed by atoms with E-state index in [4.69, 9.17) is 0 Å². The highest BCUT2D eigenvalue weighted by atomic mass is 35.5. The Morgan fingerprint density at radius 3 is 2.18 bits per heavy atom. The van der Waals surface area contributed by atoms with Gasteiger partial charge in [-0.2, -0.15) is 0 Å². The number of phenolic OH excluding ortho intramolecular Hbond substituents is 1. The van der Waals surface area contributed by atoms with Gasteiger partial charge in [0.15, 0.2) is 0 Å². The highest BCUT2D eigenvalue weighted by molar-refractivity contribution is 5.85. The molecular weight excluding hydrogens is 319 g/mol. The van der Waals surface area contributed by atoms with Crippen molar-refractivity contribution in [2.75, 3.05) is 26.2 Å². The molecule has 1 aliphatic heterocycles. The van der Waals surface area contributed by atoms with E-state index < -0.39 is 0 Å². The van der Waals surface area contributed by atoms with Crippen molar-refractivity contribution in [3.05, 3.63) is 41.0 Å². The number of aryl methyl sites for hydroxylation is 2. The second-order valence-electron chi connectivity index (χ2n) is 5.96. The summed E-state index contributed by atoms with van der Waals surface area (Å²) in [6, 6.07) is 4.11. The van der Waals surface area contributed by atoms with Crippen LogP contribution in [0.2, 0.25) is 0 Å². The number of hydrogen-bond donors (Lipinski definition) is 2. The molecule has 1 aromatic rings. The molecule has 1 aromatic carbocycles. The Labute approximate surface area is 146 Å². The maximum Gasteiger partial charge on any atom is 0.116 e. The first-order valence-electron chi connectivity index (χ1n) is 7.38. The maximum absolute atomic E-state index is 9.75. The molecule has 1 aliphatic rings. The van der Waals surface area contributed by atoms with E-state index in [1.807, 2.05) is 12.1 Å². The highest BCUT2D eigenvalue weighted by Crippen LogP contribution is 2.34. The standard InChI is InChI=1S/C17H26N2O.2ClH/c1-12(2)9-16(19-7-5-18-6-8-19)17-13(3)10-15(20)11-14(17)4;;/h10-11,16,18,20H,1,5-9H2,2-4H3;2*1H/t16-;;/m0../s1. The predicted octanol–water partition coefficient (Wildman–Crippen LogP) is 3.77. The summed E-state index contributed by atoms with van der Waals surface area (Å²) in [5.74, 6) is 0.359.